The van der Waals surface area contributed by atoms with Crippen LogP contribution in [-0.4, -0.2) is 35.3 Å². The number of carboxylic acids is 1. The van der Waals surface area contributed by atoms with Gasteiger partial charge in [0.2, 0.25) is 0 Å². The second-order valence-corrected chi connectivity index (χ2v) is 5.17. The van der Waals surface area contributed by atoms with Gasteiger partial charge in [0.25, 0.3) is 0 Å². The molecule has 1 aromatic rings. The highest BCUT2D eigenvalue weighted by molar-refractivity contribution is 5.95. The molecule has 0 atom stereocenters. The minimum atomic E-state index is -0.951. The molecule has 19 heavy (non-hydrogen) atoms. The van der Waals surface area contributed by atoms with Gasteiger partial charge in [0, 0.05) is 19.3 Å². The maximum Gasteiger partial charge on any atom is 0.339 e. The van der Waals surface area contributed by atoms with Crippen LogP contribution in [0, 0.1) is 13.8 Å². The number of carboxylic acid groups (broad SMARTS) is 1. The van der Waals surface area contributed by atoms with E-state index in [4.69, 9.17) is 4.74 Å². The first-order valence-corrected chi connectivity index (χ1v) is 6.48. The van der Waals surface area contributed by atoms with Gasteiger partial charge in [-0.1, -0.05) is 0 Å². The van der Waals surface area contributed by atoms with Gasteiger partial charge in [-0.15, -0.1) is 0 Å². The van der Waals surface area contributed by atoms with Gasteiger partial charge in [-0.05, 0) is 39.2 Å². The summed E-state index contributed by atoms with van der Waals surface area (Å²) in [6.45, 7) is 4.21. The van der Waals surface area contributed by atoms with E-state index in [1.165, 1.54) is 0 Å². The number of pyridine rings is 1. The van der Waals surface area contributed by atoms with E-state index in [1.54, 1.807) is 20.1 Å². The monoisotopic (exact) mass is 264 g/mol. The highest BCUT2D eigenvalue weighted by Gasteiger charge is 2.37. The van der Waals surface area contributed by atoms with E-state index in [2.05, 4.69) is 10.3 Å². The molecule has 104 valence electrons. The number of anilines is 1. The van der Waals surface area contributed by atoms with Crippen LogP contribution in [-0.2, 0) is 4.74 Å². The number of hydrogen-bond donors (Lipinski definition) is 2. The van der Waals surface area contributed by atoms with E-state index in [-0.39, 0.29) is 11.2 Å². The Balaban J connectivity index is 2.21. The predicted octanol–water partition coefficient (Wildman–Crippen LogP) is 2.38. The van der Waals surface area contributed by atoms with Crippen LogP contribution in [0.2, 0.25) is 0 Å². The predicted molar refractivity (Wildman–Crippen MR) is 72.8 cm³/mol. The number of aromatic carboxylic acids is 1. The summed E-state index contributed by atoms with van der Waals surface area (Å²) in [7, 11) is 1.71. The Labute approximate surface area is 113 Å². The molecule has 5 nitrogen and oxygen atoms in total. The number of nitrogens with one attached hydrogen (secondary N) is 1. The average Bonchev–Trinajstić information content (AvgIpc) is 2.26. The standard InChI is InChI=1S/C14H20N2O3/c1-9-7-11(12(13(17)18)10(2)16-9)15-8-14(19-3)5-4-6-14/h7H,4-6,8H2,1-3H3,(H,15,16)(H,17,18). The van der Waals surface area contributed by atoms with Crippen molar-refractivity contribution >= 4 is 11.7 Å². The number of nitrogens with zero attached hydrogens (tertiary/aromatic N) is 1. The Bertz CT molecular complexity index is 490. The molecule has 0 aromatic carbocycles. The van der Waals surface area contributed by atoms with E-state index in [9.17, 15) is 9.90 Å². The zero-order valence-electron chi connectivity index (χ0n) is 11.6. The quantitative estimate of drug-likeness (QED) is 0.854. The number of ether oxygens (including phenoxy) is 1. The van der Waals surface area contributed by atoms with Crippen LogP contribution < -0.4 is 5.32 Å². The minimum absolute atomic E-state index is 0.138. The minimum Gasteiger partial charge on any atom is -0.478 e. The lowest BCUT2D eigenvalue weighted by Crippen LogP contribution is -2.45. The zero-order chi connectivity index (χ0) is 14.0. The second-order valence-electron chi connectivity index (χ2n) is 5.17. The van der Waals surface area contributed by atoms with Crippen molar-refractivity contribution in [2.45, 2.75) is 38.7 Å². The van der Waals surface area contributed by atoms with Crippen LogP contribution in [0.3, 0.4) is 0 Å². The van der Waals surface area contributed by atoms with Crippen LogP contribution >= 0.6 is 0 Å². The maximum absolute atomic E-state index is 11.3. The fourth-order valence-electron chi connectivity index (χ4n) is 2.52. The molecular formula is C14H20N2O3. The van der Waals surface area contributed by atoms with Crippen molar-refractivity contribution in [2.24, 2.45) is 0 Å². The van der Waals surface area contributed by atoms with Gasteiger partial charge in [-0.25, -0.2) is 4.79 Å². The lowest BCUT2D eigenvalue weighted by atomic mass is 9.80. The lowest BCUT2D eigenvalue weighted by molar-refractivity contribution is -0.0601. The molecule has 0 saturated heterocycles. The normalized spacial score (nSPS) is 16.8. The lowest BCUT2D eigenvalue weighted by Gasteiger charge is -2.40. The van der Waals surface area contributed by atoms with Gasteiger partial charge < -0.3 is 15.2 Å². The summed E-state index contributed by atoms with van der Waals surface area (Å²) in [5, 5.41) is 12.5. The van der Waals surface area contributed by atoms with Gasteiger partial charge in [-0.2, -0.15) is 0 Å². The average molecular weight is 264 g/mol. The maximum atomic E-state index is 11.3. The van der Waals surface area contributed by atoms with E-state index in [0.717, 1.165) is 25.0 Å². The fourth-order valence-corrected chi connectivity index (χ4v) is 2.52. The molecular weight excluding hydrogens is 244 g/mol. The zero-order valence-corrected chi connectivity index (χ0v) is 11.6. The summed E-state index contributed by atoms with van der Waals surface area (Å²) in [6.07, 6.45) is 3.19. The highest BCUT2D eigenvalue weighted by atomic mass is 16.5. The Hall–Kier alpha value is -1.62. The summed E-state index contributed by atoms with van der Waals surface area (Å²) < 4.78 is 5.53. The third-order valence-electron chi connectivity index (χ3n) is 3.84. The third-order valence-corrected chi connectivity index (χ3v) is 3.84. The molecule has 0 aliphatic heterocycles. The summed E-state index contributed by atoms with van der Waals surface area (Å²) in [4.78, 5) is 15.5. The Morgan fingerprint density at radius 3 is 2.68 bits per heavy atom. The van der Waals surface area contributed by atoms with E-state index < -0.39 is 5.97 Å². The largest absolute Gasteiger partial charge is 0.478 e. The van der Waals surface area contributed by atoms with Crippen LogP contribution in [0.15, 0.2) is 6.07 Å². The number of methoxy groups -OCH3 is 1. The van der Waals surface area contributed by atoms with Crippen LogP contribution in [0.5, 0.6) is 0 Å². The van der Waals surface area contributed by atoms with E-state index in [0.29, 0.717) is 17.9 Å². The van der Waals surface area contributed by atoms with Crippen molar-refractivity contribution in [1.82, 2.24) is 4.98 Å². The first kappa shape index (κ1) is 13.8. The molecule has 1 aliphatic carbocycles. The number of aromatic nitrogens is 1. The molecule has 1 aliphatic rings. The highest BCUT2D eigenvalue weighted by Crippen LogP contribution is 2.35. The molecule has 0 amide bonds. The van der Waals surface area contributed by atoms with Crippen molar-refractivity contribution in [1.29, 1.82) is 0 Å². The number of rotatable bonds is 5. The van der Waals surface area contributed by atoms with Gasteiger partial charge >= 0.3 is 5.97 Å². The SMILES string of the molecule is COC1(CNc2cc(C)nc(C)c2C(=O)O)CCC1. The van der Waals surface area contributed by atoms with Gasteiger partial charge in [0.15, 0.2) is 0 Å². The van der Waals surface area contributed by atoms with E-state index >= 15 is 0 Å². The van der Waals surface area contributed by atoms with Crippen molar-refractivity contribution in [3.63, 3.8) is 0 Å². The molecule has 1 heterocycles. The first-order valence-electron chi connectivity index (χ1n) is 6.48. The van der Waals surface area contributed by atoms with E-state index in [1.807, 2.05) is 6.92 Å². The van der Waals surface area contributed by atoms with Crippen molar-refractivity contribution in [2.75, 3.05) is 19.0 Å². The number of aryl methyl sites for hydroxylation is 2. The van der Waals surface area contributed by atoms with Crippen LogP contribution in [0.4, 0.5) is 5.69 Å². The smallest absolute Gasteiger partial charge is 0.339 e. The van der Waals surface area contributed by atoms with Crippen molar-refractivity contribution < 1.29 is 14.6 Å². The molecule has 1 saturated carbocycles. The van der Waals surface area contributed by atoms with Gasteiger partial charge in [0.1, 0.15) is 5.56 Å². The molecule has 0 unspecified atom stereocenters. The molecule has 2 rings (SSSR count). The Morgan fingerprint density at radius 2 is 2.21 bits per heavy atom. The fraction of sp³-hybridized carbons (Fsp3) is 0.571. The van der Waals surface area contributed by atoms with Crippen LogP contribution in [0.25, 0.3) is 0 Å². The summed E-state index contributed by atoms with van der Waals surface area (Å²) in [6, 6.07) is 1.78. The van der Waals surface area contributed by atoms with Crippen molar-refractivity contribution in [3.8, 4) is 0 Å². The number of carbonyl (C=O) groups is 1. The molecule has 1 fully saturated rings. The Kier molecular flexibility index (Phi) is 3.75. The van der Waals surface area contributed by atoms with Gasteiger partial charge in [-0.3, -0.25) is 4.98 Å². The van der Waals surface area contributed by atoms with Gasteiger partial charge in [0.05, 0.1) is 17.0 Å². The molecule has 0 spiro atoms. The Morgan fingerprint density at radius 1 is 1.53 bits per heavy atom. The summed E-state index contributed by atoms with van der Waals surface area (Å²) in [5.41, 5.74) is 2.08. The van der Waals surface area contributed by atoms with Crippen molar-refractivity contribution in [3.05, 3.63) is 23.0 Å². The molecule has 0 radical (unpaired) electrons. The molecule has 5 heteroatoms. The second kappa shape index (κ2) is 5.17. The topological polar surface area (TPSA) is 71.5 Å². The van der Waals surface area contributed by atoms with Crippen LogP contribution in [0.1, 0.15) is 41.0 Å². The third kappa shape index (κ3) is 2.71. The summed E-state index contributed by atoms with van der Waals surface area (Å²) >= 11 is 0. The number of hydrogen-bond acceptors (Lipinski definition) is 4. The summed E-state index contributed by atoms with van der Waals surface area (Å²) in [5.74, 6) is -0.951. The first-order chi connectivity index (χ1) is 8.97. The molecule has 0 bridgehead atoms. The molecule has 1 aromatic heterocycles. The molecule has 2 N–H and O–H groups in total.